The minimum absolute atomic E-state index is 0.0937. The standard InChI is InChI=1S/C12H12N4O2S/c13-7-10-2-1-3-12(6-10)19(17,18)16-5-4-11-8-14-9-15-11/h1-3,6,8-9,16H,4-5H2,(H,14,15). The average Bonchev–Trinajstić information content (AvgIpc) is 2.92. The molecule has 7 heteroatoms. The van der Waals surface area contributed by atoms with Crippen molar-refractivity contribution in [2.24, 2.45) is 0 Å². The Morgan fingerprint density at radius 3 is 2.95 bits per heavy atom. The number of benzene rings is 1. The fraction of sp³-hybridized carbons (Fsp3) is 0.167. The predicted molar refractivity (Wildman–Crippen MR) is 68.6 cm³/mol. The highest BCUT2D eigenvalue weighted by atomic mass is 32.2. The number of nitrogens with zero attached hydrogens (tertiary/aromatic N) is 2. The Labute approximate surface area is 111 Å². The average molecular weight is 276 g/mol. The molecule has 0 fully saturated rings. The first-order chi connectivity index (χ1) is 9.12. The second-order valence-electron chi connectivity index (χ2n) is 3.86. The van der Waals surface area contributed by atoms with E-state index in [0.717, 1.165) is 5.69 Å². The molecule has 0 aliphatic rings. The summed E-state index contributed by atoms with van der Waals surface area (Å²) in [5.41, 5.74) is 1.17. The summed E-state index contributed by atoms with van der Waals surface area (Å²) < 4.78 is 26.4. The number of nitrogens with one attached hydrogen (secondary N) is 2. The van der Waals surface area contributed by atoms with Crippen LogP contribution in [-0.4, -0.2) is 24.9 Å². The molecule has 1 aromatic carbocycles. The van der Waals surface area contributed by atoms with Gasteiger partial charge in [0, 0.05) is 24.9 Å². The Morgan fingerprint density at radius 2 is 2.26 bits per heavy atom. The summed E-state index contributed by atoms with van der Waals surface area (Å²) in [6.07, 6.45) is 3.71. The van der Waals surface area contributed by atoms with Crippen molar-refractivity contribution in [2.45, 2.75) is 11.3 Å². The maximum absolute atomic E-state index is 12.0. The summed E-state index contributed by atoms with van der Waals surface area (Å²) >= 11 is 0. The molecular formula is C12H12N4O2S. The molecule has 0 bridgehead atoms. The number of hydrogen-bond acceptors (Lipinski definition) is 4. The van der Waals surface area contributed by atoms with E-state index in [1.165, 1.54) is 12.1 Å². The summed E-state index contributed by atoms with van der Waals surface area (Å²) in [7, 11) is -3.58. The molecule has 0 radical (unpaired) electrons. The zero-order chi connectivity index (χ0) is 13.7. The van der Waals surface area contributed by atoms with Gasteiger partial charge in [0.2, 0.25) is 10.0 Å². The van der Waals surface area contributed by atoms with Crippen LogP contribution >= 0.6 is 0 Å². The van der Waals surface area contributed by atoms with Crippen LogP contribution in [0.15, 0.2) is 41.7 Å². The van der Waals surface area contributed by atoms with Gasteiger partial charge in [0.25, 0.3) is 0 Å². The van der Waals surface area contributed by atoms with Crippen molar-refractivity contribution < 1.29 is 8.42 Å². The Morgan fingerprint density at radius 1 is 1.42 bits per heavy atom. The molecule has 0 atom stereocenters. The van der Waals surface area contributed by atoms with Crippen LogP contribution < -0.4 is 4.72 Å². The molecule has 2 N–H and O–H groups in total. The van der Waals surface area contributed by atoms with Gasteiger partial charge in [0.1, 0.15) is 0 Å². The molecule has 1 heterocycles. The molecule has 0 amide bonds. The number of aromatic nitrogens is 2. The van der Waals surface area contributed by atoms with Crippen molar-refractivity contribution in [3.05, 3.63) is 48.0 Å². The zero-order valence-corrected chi connectivity index (χ0v) is 10.8. The topological polar surface area (TPSA) is 98.6 Å². The molecule has 2 rings (SSSR count). The monoisotopic (exact) mass is 276 g/mol. The second-order valence-corrected chi connectivity index (χ2v) is 5.63. The molecule has 0 saturated heterocycles. The lowest BCUT2D eigenvalue weighted by atomic mass is 10.2. The van der Waals surface area contributed by atoms with Gasteiger partial charge in [-0.2, -0.15) is 5.26 Å². The van der Waals surface area contributed by atoms with Gasteiger partial charge in [-0.25, -0.2) is 18.1 Å². The normalized spacial score (nSPS) is 11.1. The predicted octanol–water partition coefficient (Wildman–Crippen LogP) is 0.802. The largest absolute Gasteiger partial charge is 0.348 e. The third-order valence-corrected chi connectivity index (χ3v) is 3.97. The van der Waals surface area contributed by atoms with Gasteiger partial charge in [-0.1, -0.05) is 6.07 Å². The van der Waals surface area contributed by atoms with Gasteiger partial charge in [0.05, 0.1) is 22.9 Å². The maximum Gasteiger partial charge on any atom is 0.240 e. The first-order valence-electron chi connectivity index (χ1n) is 5.59. The Bertz CT molecular complexity index is 687. The lowest BCUT2D eigenvalue weighted by Crippen LogP contribution is -2.26. The van der Waals surface area contributed by atoms with Gasteiger partial charge in [0.15, 0.2) is 0 Å². The van der Waals surface area contributed by atoms with Crippen molar-refractivity contribution >= 4 is 10.0 Å². The molecule has 1 aromatic heterocycles. The van der Waals surface area contributed by atoms with Crippen molar-refractivity contribution in [1.29, 1.82) is 5.26 Å². The van der Waals surface area contributed by atoms with E-state index in [1.807, 2.05) is 6.07 Å². The highest BCUT2D eigenvalue weighted by Crippen LogP contribution is 2.10. The summed E-state index contributed by atoms with van der Waals surface area (Å²) in [5, 5.41) is 8.75. The first-order valence-corrected chi connectivity index (χ1v) is 7.07. The highest BCUT2D eigenvalue weighted by molar-refractivity contribution is 7.89. The minimum Gasteiger partial charge on any atom is -0.348 e. The summed E-state index contributed by atoms with van der Waals surface area (Å²) in [4.78, 5) is 6.84. The van der Waals surface area contributed by atoms with E-state index in [0.29, 0.717) is 12.0 Å². The number of H-pyrrole nitrogens is 1. The van der Waals surface area contributed by atoms with Crippen molar-refractivity contribution in [3.63, 3.8) is 0 Å². The molecule has 0 saturated carbocycles. The van der Waals surface area contributed by atoms with Crippen LogP contribution in [0.5, 0.6) is 0 Å². The Balaban J connectivity index is 2.03. The van der Waals surface area contributed by atoms with E-state index >= 15 is 0 Å². The Kier molecular flexibility index (Phi) is 3.94. The van der Waals surface area contributed by atoms with Crippen molar-refractivity contribution in [3.8, 4) is 6.07 Å². The number of rotatable bonds is 5. The van der Waals surface area contributed by atoms with Crippen LogP contribution in [0.4, 0.5) is 0 Å². The van der Waals surface area contributed by atoms with Crippen molar-refractivity contribution in [1.82, 2.24) is 14.7 Å². The molecule has 6 nitrogen and oxygen atoms in total. The molecule has 0 unspecified atom stereocenters. The fourth-order valence-corrected chi connectivity index (χ4v) is 2.63. The van der Waals surface area contributed by atoms with E-state index in [2.05, 4.69) is 14.7 Å². The summed E-state index contributed by atoms with van der Waals surface area (Å²) in [6.45, 7) is 0.265. The number of nitriles is 1. The van der Waals surface area contributed by atoms with Gasteiger partial charge >= 0.3 is 0 Å². The lowest BCUT2D eigenvalue weighted by molar-refractivity contribution is 0.581. The van der Waals surface area contributed by atoms with E-state index in [4.69, 9.17) is 5.26 Å². The van der Waals surface area contributed by atoms with Crippen LogP contribution in [0.25, 0.3) is 0 Å². The third-order valence-electron chi connectivity index (χ3n) is 2.51. The maximum atomic E-state index is 12.0. The Hall–Kier alpha value is -2.17. The second kappa shape index (κ2) is 5.65. The molecule has 0 aliphatic heterocycles. The molecule has 0 aliphatic carbocycles. The first kappa shape index (κ1) is 13.3. The molecule has 0 spiro atoms. The third kappa shape index (κ3) is 3.40. The van der Waals surface area contributed by atoms with Gasteiger partial charge < -0.3 is 4.98 Å². The number of imidazole rings is 1. The van der Waals surface area contributed by atoms with E-state index in [9.17, 15) is 8.42 Å². The highest BCUT2D eigenvalue weighted by Gasteiger charge is 2.13. The van der Waals surface area contributed by atoms with E-state index < -0.39 is 10.0 Å². The molecule has 98 valence electrons. The molecule has 19 heavy (non-hydrogen) atoms. The van der Waals surface area contributed by atoms with Crippen LogP contribution in [0.1, 0.15) is 11.3 Å². The van der Waals surface area contributed by atoms with Gasteiger partial charge in [-0.05, 0) is 18.2 Å². The summed E-state index contributed by atoms with van der Waals surface area (Å²) in [6, 6.07) is 7.82. The van der Waals surface area contributed by atoms with Crippen molar-refractivity contribution in [2.75, 3.05) is 6.54 Å². The van der Waals surface area contributed by atoms with Crippen LogP contribution in [-0.2, 0) is 16.4 Å². The summed E-state index contributed by atoms with van der Waals surface area (Å²) in [5.74, 6) is 0. The van der Waals surface area contributed by atoms with Crippen LogP contribution in [0.3, 0.4) is 0 Å². The lowest BCUT2D eigenvalue weighted by Gasteiger charge is -2.06. The number of aromatic amines is 1. The van der Waals surface area contributed by atoms with Crippen LogP contribution in [0, 0.1) is 11.3 Å². The SMILES string of the molecule is N#Cc1cccc(S(=O)(=O)NCCc2cnc[nH]2)c1. The number of hydrogen-bond donors (Lipinski definition) is 2. The molecule has 2 aromatic rings. The van der Waals surface area contributed by atoms with E-state index in [-0.39, 0.29) is 11.4 Å². The fourth-order valence-electron chi connectivity index (χ4n) is 1.56. The van der Waals surface area contributed by atoms with E-state index in [1.54, 1.807) is 24.7 Å². The zero-order valence-electron chi connectivity index (χ0n) is 10.00. The van der Waals surface area contributed by atoms with Crippen LogP contribution in [0.2, 0.25) is 0 Å². The smallest absolute Gasteiger partial charge is 0.240 e. The van der Waals surface area contributed by atoms with Gasteiger partial charge in [-0.15, -0.1) is 0 Å². The quantitative estimate of drug-likeness (QED) is 0.843. The number of sulfonamides is 1. The minimum atomic E-state index is -3.58. The molecular weight excluding hydrogens is 264 g/mol. The van der Waals surface area contributed by atoms with Gasteiger partial charge in [-0.3, -0.25) is 0 Å².